The zero-order valence-corrected chi connectivity index (χ0v) is 11.1. The lowest BCUT2D eigenvalue weighted by atomic mass is 10.2. The van der Waals surface area contributed by atoms with E-state index in [9.17, 15) is 9.59 Å². The maximum Gasteiger partial charge on any atom is 0.325 e. The second kappa shape index (κ2) is 5.57. The third kappa shape index (κ3) is 3.03. The smallest absolute Gasteiger partial charge is 0.325 e. The van der Waals surface area contributed by atoms with Crippen LogP contribution in [0.1, 0.15) is 24.3 Å². The van der Waals surface area contributed by atoms with Gasteiger partial charge in [-0.25, -0.2) is 0 Å². The van der Waals surface area contributed by atoms with Crippen LogP contribution in [-0.4, -0.2) is 41.0 Å². The first-order valence-electron chi connectivity index (χ1n) is 5.66. The van der Waals surface area contributed by atoms with Gasteiger partial charge in [0.05, 0.1) is 12.8 Å². The summed E-state index contributed by atoms with van der Waals surface area (Å²) in [6, 6.07) is 1.49. The summed E-state index contributed by atoms with van der Waals surface area (Å²) in [5, 5.41) is 0. The Morgan fingerprint density at radius 2 is 2.11 bits per heavy atom. The van der Waals surface area contributed by atoms with E-state index in [0.717, 1.165) is 0 Å². The Labute approximate surface area is 106 Å². The van der Waals surface area contributed by atoms with Gasteiger partial charge in [0.25, 0.3) is 5.91 Å². The van der Waals surface area contributed by atoms with Crippen LogP contribution in [0.3, 0.4) is 0 Å². The molecule has 0 spiro atoms. The molecule has 0 radical (unpaired) electrons. The molecular weight excluding hydrogens is 234 g/mol. The molecular formula is C12H19N3O3. The Kier molecular flexibility index (Phi) is 4.36. The summed E-state index contributed by atoms with van der Waals surface area (Å²) < 4.78 is 6.23. The lowest BCUT2D eigenvalue weighted by Gasteiger charge is -2.25. The first-order chi connectivity index (χ1) is 8.36. The van der Waals surface area contributed by atoms with E-state index < -0.39 is 5.97 Å². The number of hydrogen-bond donors (Lipinski definition) is 1. The molecule has 1 rings (SSSR count). The number of anilines is 1. The van der Waals surface area contributed by atoms with Crippen molar-refractivity contribution in [3.63, 3.8) is 0 Å². The Hall–Kier alpha value is -1.98. The van der Waals surface area contributed by atoms with Gasteiger partial charge >= 0.3 is 5.97 Å². The molecule has 6 nitrogen and oxygen atoms in total. The van der Waals surface area contributed by atoms with Gasteiger partial charge in [-0.05, 0) is 19.9 Å². The fourth-order valence-corrected chi connectivity index (χ4v) is 1.64. The molecule has 0 aliphatic carbocycles. The molecule has 0 unspecified atom stereocenters. The standard InChI is InChI=1S/C12H19N3O3/c1-8(2)15(7-11(16)18-4)12(17)10-5-9(13)6-14(10)3/h5-6,8H,7,13H2,1-4H3. The van der Waals surface area contributed by atoms with Crippen LogP contribution in [0.25, 0.3) is 0 Å². The lowest BCUT2D eigenvalue weighted by molar-refractivity contribution is -0.141. The predicted octanol–water partition coefficient (Wildman–Crippen LogP) is 0.631. The van der Waals surface area contributed by atoms with Crippen molar-refractivity contribution in [3.8, 4) is 0 Å². The van der Waals surface area contributed by atoms with Crippen LogP contribution in [0, 0.1) is 0 Å². The number of hydrogen-bond acceptors (Lipinski definition) is 4. The summed E-state index contributed by atoms with van der Waals surface area (Å²) in [6.45, 7) is 3.61. The van der Waals surface area contributed by atoms with Gasteiger partial charge in [-0.15, -0.1) is 0 Å². The van der Waals surface area contributed by atoms with Crippen LogP contribution >= 0.6 is 0 Å². The van der Waals surface area contributed by atoms with Crippen molar-refractivity contribution < 1.29 is 14.3 Å². The minimum atomic E-state index is -0.445. The zero-order chi connectivity index (χ0) is 13.9. The highest BCUT2D eigenvalue weighted by Crippen LogP contribution is 2.13. The van der Waals surface area contributed by atoms with Crippen molar-refractivity contribution in [1.29, 1.82) is 0 Å². The molecule has 2 N–H and O–H groups in total. The normalized spacial score (nSPS) is 10.5. The Bertz CT molecular complexity index is 451. The molecule has 0 fully saturated rings. The van der Waals surface area contributed by atoms with Crippen LogP contribution in [-0.2, 0) is 16.6 Å². The van der Waals surface area contributed by atoms with Gasteiger partial charge in [-0.2, -0.15) is 0 Å². The van der Waals surface area contributed by atoms with Crippen molar-refractivity contribution in [2.45, 2.75) is 19.9 Å². The van der Waals surface area contributed by atoms with Gasteiger partial charge in [0.15, 0.2) is 0 Å². The fourth-order valence-electron chi connectivity index (χ4n) is 1.64. The fraction of sp³-hybridized carbons (Fsp3) is 0.500. The molecule has 100 valence electrons. The minimum absolute atomic E-state index is 0.0713. The number of esters is 1. The molecule has 0 aliphatic heterocycles. The lowest BCUT2D eigenvalue weighted by Crippen LogP contribution is -2.41. The van der Waals surface area contributed by atoms with E-state index in [1.54, 1.807) is 23.9 Å². The summed E-state index contributed by atoms with van der Waals surface area (Å²) in [4.78, 5) is 25.1. The van der Waals surface area contributed by atoms with Crippen molar-refractivity contribution in [3.05, 3.63) is 18.0 Å². The number of rotatable bonds is 4. The summed E-state index contributed by atoms with van der Waals surface area (Å²) >= 11 is 0. The van der Waals surface area contributed by atoms with Gasteiger partial charge in [0.2, 0.25) is 0 Å². The highest BCUT2D eigenvalue weighted by atomic mass is 16.5. The molecule has 1 aromatic heterocycles. The molecule has 6 heteroatoms. The van der Waals surface area contributed by atoms with Gasteiger partial charge in [-0.3, -0.25) is 9.59 Å². The zero-order valence-electron chi connectivity index (χ0n) is 11.1. The van der Waals surface area contributed by atoms with Crippen molar-refractivity contribution in [2.75, 3.05) is 19.4 Å². The SMILES string of the molecule is COC(=O)CN(C(=O)c1cc(N)cn1C)C(C)C. The first-order valence-corrected chi connectivity index (χ1v) is 5.66. The molecule has 0 saturated heterocycles. The van der Waals surface area contributed by atoms with Crippen LogP contribution in [0.15, 0.2) is 12.3 Å². The number of aromatic nitrogens is 1. The number of aryl methyl sites for hydroxylation is 1. The number of methoxy groups -OCH3 is 1. The third-order valence-corrected chi connectivity index (χ3v) is 2.66. The summed E-state index contributed by atoms with van der Waals surface area (Å²) in [7, 11) is 3.03. The number of carbonyl (C=O) groups is 2. The highest BCUT2D eigenvalue weighted by molar-refractivity contribution is 5.95. The Morgan fingerprint density at radius 1 is 1.50 bits per heavy atom. The highest BCUT2D eigenvalue weighted by Gasteiger charge is 2.24. The van der Waals surface area contributed by atoms with Crippen LogP contribution in [0.4, 0.5) is 5.69 Å². The number of carbonyl (C=O) groups excluding carboxylic acids is 2. The predicted molar refractivity (Wildman–Crippen MR) is 68.0 cm³/mol. The van der Waals surface area contributed by atoms with Crippen molar-refractivity contribution in [1.82, 2.24) is 9.47 Å². The van der Waals surface area contributed by atoms with Gasteiger partial charge in [-0.1, -0.05) is 0 Å². The van der Waals surface area contributed by atoms with E-state index in [4.69, 9.17) is 5.73 Å². The van der Waals surface area contributed by atoms with E-state index in [2.05, 4.69) is 4.74 Å². The maximum absolute atomic E-state index is 12.3. The number of nitrogens with two attached hydrogens (primary N) is 1. The molecule has 0 saturated carbocycles. The molecule has 0 aliphatic rings. The molecule has 0 atom stereocenters. The van der Waals surface area contributed by atoms with Crippen LogP contribution in [0.5, 0.6) is 0 Å². The molecule has 1 amide bonds. The molecule has 18 heavy (non-hydrogen) atoms. The second-order valence-corrected chi connectivity index (χ2v) is 4.37. The van der Waals surface area contributed by atoms with E-state index in [1.165, 1.54) is 12.0 Å². The maximum atomic E-state index is 12.3. The number of ether oxygens (including phenoxy) is 1. The van der Waals surface area contributed by atoms with Gasteiger partial charge in [0.1, 0.15) is 12.2 Å². The van der Waals surface area contributed by atoms with Crippen molar-refractivity contribution >= 4 is 17.6 Å². The Balaban J connectivity index is 2.96. The largest absolute Gasteiger partial charge is 0.468 e. The van der Waals surface area contributed by atoms with Crippen LogP contribution < -0.4 is 5.73 Å². The molecule has 0 bridgehead atoms. The quantitative estimate of drug-likeness (QED) is 0.798. The van der Waals surface area contributed by atoms with E-state index in [-0.39, 0.29) is 18.5 Å². The number of nitrogens with zero attached hydrogens (tertiary/aromatic N) is 2. The summed E-state index contributed by atoms with van der Waals surface area (Å²) in [5.41, 5.74) is 6.60. The monoisotopic (exact) mass is 253 g/mol. The van der Waals surface area contributed by atoms with E-state index in [0.29, 0.717) is 11.4 Å². The van der Waals surface area contributed by atoms with Gasteiger partial charge < -0.3 is 19.9 Å². The Morgan fingerprint density at radius 3 is 2.50 bits per heavy atom. The topological polar surface area (TPSA) is 77.6 Å². The van der Waals surface area contributed by atoms with E-state index >= 15 is 0 Å². The first kappa shape index (κ1) is 14.1. The average molecular weight is 253 g/mol. The molecule has 1 heterocycles. The second-order valence-electron chi connectivity index (χ2n) is 4.37. The molecule has 1 aromatic rings. The summed E-state index contributed by atoms with van der Waals surface area (Å²) in [6.07, 6.45) is 1.66. The van der Waals surface area contributed by atoms with Crippen LogP contribution in [0.2, 0.25) is 0 Å². The number of nitrogen functional groups attached to an aromatic ring is 1. The summed E-state index contributed by atoms with van der Waals surface area (Å²) in [5.74, 6) is -0.686. The third-order valence-electron chi connectivity index (χ3n) is 2.66. The van der Waals surface area contributed by atoms with Gasteiger partial charge in [0, 0.05) is 19.3 Å². The number of amides is 1. The minimum Gasteiger partial charge on any atom is -0.468 e. The molecule has 0 aromatic carbocycles. The average Bonchev–Trinajstić information content (AvgIpc) is 2.63. The van der Waals surface area contributed by atoms with E-state index in [1.807, 2.05) is 13.8 Å². The van der Waals surface area contributed by atoms with Crippen molar-refractivity contribution in [2.24, 2.45) is 7.05 Å².